The molecule has 0 aliphatic carbocycles. The number of rotatable bonds is 10. The second kappa shape index (κ2) is 9.97. The maximum Gasteiger partial charge on any atom is 0.335 e. The fourth-order valence-electron chi connectivity index (χ4n) is 2.12. The Morgan fingerprint density at radius 3 is 2.24 bits per heavy atom. The normalized spacial score (nSPS) is 10.3. The molecule has 4 nitrogen and oxygen atoms in total. The molecule has 0 heterocycles. The molecule has 2 N–H and O–H groups in total. The van der Waals surface area contributed by atoms with Gasteiger partial charge >= 0.3 is 5.97 Å². The highest BCUT2D eigenvalue weighted by Gasteiger charge is 2.04. The number of carboxylic acids is 1. The fraction of sp³-hybridized carbons (Fsp3) is 0.529. The van der Waals surface area contributed by atoms with Crippen molar-refractivity contribution in [1.29, 1.82) is 0 Å². The lowest BCUT2D eigenvalue weighted by Crippen LogP contribution is -2.22. The molecule has 0 saturated heterocycles. The molecule has 0 aliphatic heterocycles. The molecule has 1 aromatic carbocycles. The summed E-state index contributed by atoms with van der Waals surface area (Å²) in [6.45, 7) is 2.64. The second-order valence-corrected chi connectivity index (χ2v) is 5.30. The summed E-state index contributed by atoms with van der Waals surface area (Å²) in [5.74, 6) is -0.874. The second-order valence-electron chi connectivity index (χ2n) is 5.30. The number of hydrogen-bond donors (Lipinski definition) is 2. The van der Waals surface area contributed by atoms with Gasteiger partial charge in [0.25, 0.3) is 0 Å². The maximum atomic E-state index is 11.7. The summed E-state index contributed by atoms with van der Waals surface area (Å²) in [4.78, 5) is 22.4. The van der Waals surface area contributed by atoms with Gasteiger partial charge in [-0.25, -0.2) is 4.79 Å². The van der Waals surface area contributed by atoms with Crippen molar-refractivity contribution in [3.63, 3.8) is 0 Å². The molecule has 21 heavy (non-hydrogen) atoms. The van der Waals surface area contributed by atoms with Crippen LogP contribution in [0.2, 0.25) is 0 Å². The van der Waals surface area contributed by atoms with Gasteiger partial charge in [0.2, 0.25) is 5.91 Å². The van der Waals surface area contributed by atoms with Gasteiger partial charge in [-0.3, -0.25) is 4.79 Å². The highest BCUT2D eigenvalue weighted by Crippen LogP contribution is 2.07. The van der Waals surface area contributed by atoms with Crippen molar-refractivity contribution in [2.24, 2.45) is 0 Å². The molecule has 0 radical (unpaired) electrons. The van der Waals surface area contributed by atoms with E-state index in [1.165, 1.54) is 25.7 Å². The lowest BCUT2D eigenvalue weighted by molar-refractivity contribution is -0.121. The van der Waals surface area contributed by atoms with Gasteiger partial charge in [0.05, 0.1) is 5.56 Å². The molecule has 0 aliphatic rings. The number of nitrogens with one attached hydrogen (secondary N) is 1. The molecule has 0 spiro atoms. The molecule has 0 unspecified atom stereocenters. The molecule has 0 bridgehead atoms. The largest absolute Gasteiger partial charge is 0.478 e. The topological polar surface area (TPSA) is 66.4 Å². The summed E-state index contributed by atoms with van der Waals surface area (Å²) in [5, 5.41) is 11.7. The van der Waals surface area contributed by atoms with Crippen LogP contribution in [0.3, 0.4) is 0 Å². The van der Waals surface area contributed by atoms with Gasteiger partial charge in [0.15, 0.2) is 0 Å². The standard InChI is InChI=1S/C17H25NO3/c1-2-3-4-5-6-7-8-16(19)18-13-14-9-11-15(12-10-14)17(20)21/h9-12H,2-8,13H2,1H3,(H,18,19)(H,20,21). The molecule has 1 amide bonds. The van der Waals surface area contributed by atoms with Gasteiger partial charge in [0, 0.05) is 13.0 Å². The molecule has 116 valence electrons. The first kappa shape index (κ1) is 17.2. The predicted octanol–water partition coefficient (Wildman–Crippen LogP) is 3.75. The highest BCUT2D eigenvalue weighted by atomic mass is 16.4. The van der Waals surface area contributed by atoms with Crippen molar-refractivity contribution < 1.29 is 14.7 Å². The Kier molecular flexibility index (Phi) is 8.17. The molecule has 0 fully saturated rings. The van der Waals surface area contributed by atoms with Crippen LogP contribution in [0.25, 0.3) is 0 Å². The average molecular weight is 291 g/mol. The van der Waals surface area contributed by atoms with E-state index in [2.05, 4.69) is 12.2 Å². The van der Waals surface area contributed by atoms with Crippen LogP contribution in [0.15, 0.2) is 24.3 Å². The summed E-state index contributed by atoms with van der Waals surface area (Å²) >= 11 is 0. The zero-order valence-electron chi connectivity index (χ0n) is 12.7. The first-order valence-corrected chi connectivity index (χ1v) is 7.72. The van der Waals surface area contributed by atoms with E-state index in [-0.39, 0.29) is 11.5 Å². The summed E-state index contributed by atoms with van der Waals surface area (Å²) in [6, 6.07) is 6.57. The van der Waals surface area contributed by atoms with E-state index in [0.29, 0.717) is 13.0 Å². The van der Waals surface area contributed by atoms with Crippen LogP contribution in [0.1, 0.15) is 67.8 Å². The van der Waals surface area contributed by atoms with E-state index < -0.39 is 5.97 Å². The minimum Gasteiger partial charge on any atom is -0.478 e. The number of carbonyl (C=O) groups excluding carboxylic acids is 1. The molecule has 0 atom stereocenters. The number of amides is 1. The van der Waals surface area contributed by atoms with Crippen molar-refractivity contribution in [3.05, 3.63) is 35.4 Å². The lowest BCUT2D eigenvalue weighted by atomic mass is 10.1. The van der Waals surface area contributed by atoms with Gasteiger partial charge in [-0.2, -0.15) is 0 Å². The van der Waals surface area contributed by atoms with Gasteiger partial charge in [-0.15, -0.1) is 0 Å². The van der Waals surface area contributed by atoms with E-state index >= 15 is 0 Å². The van der Waals surface area contributed by atoms with Crippen molar-refractivity contribution >= 4 is 11.9 Å². The number of carboxylic acid groups (broad SMARTS) is 1. The monoisotopic (exact) mass is 291 g/mol. The Morgan fingerprint density at radius 1 is 1.00 bits per heavy atom. The smallest absolute Gasteiger partial charge is 0.335 e. The van der Waals surface area contributed by atoms with E-state index in [9.17, 15) is 9.59 Å². The number of unbranched alkanes of at least 4 members (excludes halogenated alkanes) is 5. The summed E-state index contributed by atoms with van der Waals surface area (Å²) in [5.41, 5.74) is 1.17. The predicted molar refractivity (Wildman–Crippen MR) is 83.2 cm³/mol. The zero-order chi connectivity index (χ0) is 15.5. The Balaban J connectivity index is 2.16. The van der Waals surface area contributed by atoms with Gasteiger partial charge < -0.3 is 10.4 Å². The molecular formula is C17H25NO3. The van der Waals surface area contributed by atoms with Gasteiger partial charge in [-0.05, 0) is 24.1 Å². The van der Waals surface area contributed by atoms with Crippen LogP contribution in [0, 0.1) is 0 Å². The number of hydrogen-bond acceptors (Lipinski definition) is 2. The van der Waals surface area contributed by atoms with Crippen LogP contribution < -0.4 is 5.32 Å². The number of aromatic carboxylic acids is 1. The summed E-state index contributed by atoms with van der Waals surface area (Å²) in [7, 11) is 0. The SMILES string of the molecule is CCCCCCCCC(=O)NCc1ccc(C(=O)O)cc1. The van der Waals surface area contributed by atoms with Crippen LogP contribution in [-0.2, 0) is 11.3 Å². The van der Waals surface area contributed by atoms with Crippen LogP contribution in [0.4, 0.5) is 0 Å². The lowest BCUT2D eigenvalue weighted by Gasteiger charge is -2.06. The Morgan fingerprint density at radius 2 is 1.62 bits per heavy atom. The van der Waals surface area contributed by atoms with E-state index in [1.54, 1.807) is 24.3 Å². The summed E-state index contributed by atoms with van der Waals surface area (Å²) in [6.07, 6.45) is 7.60. The van der Waals surface area contributed by atoms with Crippen LogP contribution in [-0.4, -0.2) is 17.0 Å². The minimum atomic E-state index is -0.936. The highest BCUT2D eigenvalue weighted by molar-refractivity contribution is 5.87. The van der Waals surface area contributed by atoms with Crippen molar-refractivity contribution in [2.45, 2.75) is 58.4 Å². The Bertz CT molecular complexity index is 440. The van der Waals surface area contributed by atoms with E-state index in [4.69, 9.17) is 5.11 Å². The minimum absolute atomic E-state index is 0.0628. The molecular weight excluding hydrogens is 266 g/mol. The maximum absolute atomic E-state index is 11.7. The Hall–Kier alpha value is -1.84. The quantitative estimate of drug-likeness (QED) is 0.645. The Labute approximate surface area is 126 Å². The third-order valence-electron chi connectivity index (χ3n) is 3.45. The number of benzene rings is 1. The first-order valence-electron chi connectivity index (χ1n) is 7.72. The molecule has 4 heteroatoms. The van der Waals surface area contributed by atoms with E-state index in [0.717, 1.165) is 18.4 Å². The molecule has 0 saturated carbocycles. The first-order chi connectivity index (χ1) is 10.1. The van der Waals surface area contributed by atoms with Gasteiger partial charge in [-0.1, -0.05) is 51.2 Å². The average Bonchev–Trinajstić information content (AvgIpc) is 2.49. The third kappa shape index (κ3) is 7.49. The van der Waals surface area contributed by atoms with Gasteiger partial charge in [0.1, 0.15) is 0 Å². The van der Waals surface area contributed by atoms with Crippen LogP contribution >= 0.6 is 0 Å². The third-order valence-corrected chi connectivity index (χ3v) is 3.45. The van der Waals surface area contributed by atoms with Crippen molar-refractivity contribution in [1.82, 2.24) is 5.32 Å². The van der Waals surface area contributed by atoms with Crippen molar-refractivity contribution in [3.8, 4) is 0 Å². The van der Waals surface area contributed by atoms with Crippen molar-refractivity contribution in [2.75, 3.05) is 0 Å². The number of carbonyl (C=O) groups is 2. The molecule has 1 rings (SSSR count). The zero-order valence-corrected chi connectivity index (χ0v) is 12.7. The molecule has 0 aromatic heterocycles. The molecule has 1 aromatic rings. The fourth-order valence-corrected chi connectivity index (χ4v) is 2.12. The van der Waals surface area contributed by atoms with Crippen LogP contribution in [0.5, 0.6) is 0 Å². The van der Waals surface area contributed by atoms with E-state index in [1.807, 2.05) is 0 Å². The summed E-state index contributed by atoms with van der Waals surface area (Å²) < 4.78 is 0.